The van der Waals surface area contributed by atoms with Gasteiger partial charge in [0.05, 0.1) is 10.5 Å². The Hall–Kier alpha value is -1.70. The summed E-state index contributed by atoms with van der Waals surface area (Å²) in [4.78, 5) is 22.4. The maximum absolute atomic E-state index is 12.9. The Morgan fingerprint density at radius 3 is 2.50 bits per heavy atom. The van der Waals surface area contributed by atoms with Crippen molar-refractivity contribution < 1.29 is 22.9 Å². The molecule has 0 aliphatic heterocycles. The van der Waals surface area contributed by atoms with Crippen molar-refractivity contribution in [3.05, 3.63) is 33.4 Å². The van der Waals surface area contributed by atoms with Crippen LogP contribution >= 0.6 is 11.6 Å². The van der Waals surface area contributed by atoms with Gasteiger partial charge in [0.2, 0.25) is 5.95 Å². The Labute approximate surface area is 91.0 Å². The highest BCUT2D eigenvalue weighted by Gasteiger charge is 2.28. The number of pyridine rings is 1. The van der Waals surface area contributed by atoms with Crippen LogP contribution in [0.15, 0.2) is 6.07 Å². The lowest BCUT2D eigenvalue weighted by Crippen LogP contribution is -2.06. The van der Waals surface area contributed by atoms with Crippen LogP contribution in [-0.4, -0.2) is 15.1 Å². The molecule has 0 atom stereocenters. The van der Waals surface area contributed by atoms with Crippen LogP contribution < -0.4 is 0 Å². The van der Waals surface area contributed by atoms with E-state index in [9.17, 15) is 28.1 Å². The lowest BCUT2D eigenvalue weighted by Gasteiger charge is -2.02. The van der Waals surface area contributed by atoms with Crippen molar-refractivity contribution in [2.45, 2.75) is 6.43 Å². The fourth-order valence-electron chi connectivity index (χ4n) is 0.938. The molecule has 1 heterocycles. The summed E-state index contributed by atoms with van der Waals surface area (Å²) in [5, 5.41) is 9.01. The minimum atomic E-state index is -3.32. The van der Waals surface area contributed by atoms with Crippen LogP contribution in [-0.2, 0) is 0 Å². The number of alkyl halides is 2. The number of carbonyl (C=O) groups is 1. The number of nitro groups is 1. The van der Waals surface area contributed by atoms with E-state index < -0.39 is 39.5 Å². The molecule has 0 fully saturated rings. The van der Waals surface area contributed by atoms with Gasteiger partial charge in [0.15, 0.2) is 5.69 Å². The molecule has 0 N–H and O–H groups in total. The van der Waals surface area contributed by atoms with Gasteiger partial charge in [-0.25, -0.2) is 13.8 Å². The first-order chi connectivity index (χ1) is 7.34. The monoisotopic (exact) mass is 254 g/mol. The zero-order valence-corrected chi connectivity index (χ0v) is 8.04. The molecule has 0 bridgehead atoms. The van der Waals surface area contributed by atoms with Crippen LogP contribution in [0.5, 0.6) is 0 Å². The first kappa shape index (κ1) is 12.4. The molecular formula is C7H2ClF3N2O3. The molecule has 0 unspecified atom stereocenters. The van der Waals surface area contributed by atoms with Crippen LogP contribution in [0.3, 0.4) is 0 Å². The number of carbonyl (C=O) groups excluding carboxylic acids is 1. The summed E-state index contributed by atoms with van der Waals surface area (Å²) in [5.41, 5.74) is -3.41. The molecule has 9 heteroatoms. The Bertz CT molecular complexity index is 466. The van der Waals surface area contributed by atoms with Crippen molar-refractivity contribution in [2.24, 2.45) is 0 Å². The Morgan fingerprint density at radius 2 is 2.12 bits per heavy atom. The second kappa shape index (κ2) is 4.44. The van der Waals surface area contributed by atoms with Gasteiger partial charge in [-0.3, -0.25) is 14.9 Å². The lowest BCUT2D eigenvalue weighted by molar-refractivity contribution is -0.386. The summed E-state index contributed by atoms with van der Waals surface area (Å²) in [5.74, 6) is -1.57. The number of rotatable bonds is 3. The van der Waals surface area contributed by atoms with E-state index in [4.69, 9.17) is 11.6 Å². The summed E-state index contributed by atoms with van der Waals surface area (Å²) < 4.78 is 37.4. The molecule has 1 aromatic heterocycles. The summed E-state index contributed by atoms with van der Waals surface area (Å²) >= 11 is 4.89. The summed E-state index contributed by atoms with van der Waals surface area (Å²) in [6.07, 6.45) is -3.32. The molecule has 0 aromatic carbocycles. The van der Waals surface area contributed by atoms with E-state index >= 15 is 0 Å². The number of nitrogens with zero attached hydrogens (tertiary/aromatic N) is 2. The van der Waals surface area contributed by atoms with Crippen LogP contribution in [0.1, 0.15) is 22.5 Å². The number of hydrogen-bond acceptors (Lipinski definition) is 4. The zero-order valence-electron chi connectivity index (χ0n) is 7.29. The topological polar surface area (TPSA) is 73.1 Å². The smallest absolute Gasteiger partial charge is 0.275 e. The van der Waals surface area contributed by atoms with Gasteiger partial charge in [-0.2, -0.15) is 4.39 Å². The van der Waals surface area contributed by atoms with Gasteiger partial charge in [0, 0.05) is 6.07 Å². The molecule has 16 heavy (non-hydrogen) atoms. The molecule has 0 amide bonds. The molecule has 0 saturated heterocycles. The van der Waals surface area contributed by atoms with Crippen molar-refractivity contribution in [3.63, 3.8) is 0 Å². The van der Waals surface area contributed by atoms with Gasteiger partial charge in [-0.15, -0.1) is 0 Å². The fraction of sp³-hybridized carbons (Fsp3) is 0.143. The first-order valence-electron chi connectivity index (χ1n) is 3.67. The van der Waals surface area contributed by atoms with Gasteiger partial charge < -0.3 is 0 Å². The van der Waals surface area contributed by atoms with Crippen LogP contribution in [0.4, 0.5) is 18.9 Å². The third-order valence-electron chi connectivity index (χ3n) is 1.60. The second-order valence-corrected chi connectivity index (χ2v) is 2.91. The third-order valence-corrected chi connectivity index (χ3v) is 1.80. The van der Waals surface area contributed by atoms with E-state index in [-0.39, 0.29) is 0 Å². The highest BCUT2D eigenvalue weighted by atomic mass is 35.5. The molecule has 1 rings (SSSR count). The van der Waals surface area contributed by atoms with Gasteiger partial charge in [0.1, 0.15) is 0 Å². The van der Waals surface area contributed by atoms with Crippen molar-refractivity contribution in [2.75, 3.05) is 0 Å². The number of hydrogen-bond donors (Lipinski definition) is 0. The van der Waals surface area contributed by atoms with E-state index in [0.29, 0.717) is 6.07 Å². The molecule has 86 valence electrons. The molecule has 0 radical (unpaired) electrons. The van der Waals surface area contributed by atoms with Crippen LogP contribution in [0.2, 0.25) is 0 Å². The highest BCUT2D eigenvalue weighted by molar-refractivity contribution is 6.67. The molecular weight excluding hydrogens is 253 g/mol. The molecule has 0 aliphatic carbocycles. The Morgan fingerprint density at radius 1 is 1.56 bits per heavy atom. The fourth-order valence-corrected chi connectivity index (χ4v) is 1.07. The molecule has 0 aliphatic rings. The van der Waals surface area contributed by atoms with Crippen LogP contribution in [0.25, 0.3) is 0 Å². The van der Waals surface area contributed by atoms with Crippen LogP contribution in [0, 0.1) is 16.1 Å². The van der Waals surface area contributed by atoms with E-state index in [1.807, 2.05) is 0 Å². The highest BCUT2D eigenvalue weighted by Crippen LogP contribution is 2.29. The quantitative estimate of drug-likeness (QED) is 0.359. The predicted octanol–water partition coefficient (Wildman–Crippen LogP) is 2.45. The SMILES string of the molecule is O=C(Cl)c1cc([N+](=O)[O-])c(C(F)F)nc1F. The largest absolute Gasteiger partial charge is 0.297 e. The lowest BCUT2D eigenvalue weighted by atomic mass is 10.2. The van der Waals surface area contributed by atoms with Crippen molar-refractivity contribution in [1.82, 2.24) is 4.98 Å². The Kier molecular flexibility index (Phi) is 3.43. The number of halogens is 4. The van der Waals surface area contributed by atoms with Crippen molar-refractivity contribution >= 4 is 22.5 Å². The van der Waals surface area contributed by atoms with Gasteiger partial charge in [-0.1, -0.05) is 0 Å². The maximum atomic E-state index is 12.9. The Balaban J connectivity index is 3.49. The zero-order chi connectivity index (χ0) is 12.5. The third kappa shape index (κ3) is 2.27. The van der Waals surface area contributed by atoms with Gasteiger partial charge >= 0.3 is 0 Å². The van der Waals surface area contributed by atoms with Gasteiger partial charge in [-0.05, 0) is 11.6 Å². The average Bonchev–Trinajstić information content (AvgIpc) is 2.15. The maximum Gasteiger partial charge on any atom is 0.297 e. The molecule has 5 nitrogen and oxygen atoms in total. The van der Waals surface area contributed by atoms with Gasteiger partial charge in [0.25, 0.3) is 17.4 Å². The van der Waals surface area contributed by atoms with E-state index in [1.54, 1.807) is 0 Å². The second-order valence-electron chi connectivity index (χ2n) is 2.56. The molecule has 0 spiro atoms. The summed E-state index contributed by atoms with van der Waals surface area (Å²) in [6, 6.07) is 0.332. The van der Waals surface area contributed by atoms with E-state index in [1.165, 1.54) is 0 Å². The summed E-state index contributed by atoms with van der Waals surface area (Å²) in [7, 11) is 0. The van der Waals surface area contributed by atoms with Crippen molar-refractivity contribution in [3.8, 4) is 0 Å². The average molecular weight is 255 g/mol. The summed E-state index contributed by atoms with van der Waals surface area (Å²) in [6.45, 7) is 0. The normalized spacial score (nSPS) is 10.6. The van der Waals surface area contributed by atoms with E-state index in [0.717, 1.165) is 0 Å². The predicted molar refractivity (Wildman–Crippen MR) is 46.0 cm³/mol. The minimum absolute atomic E-state index is 0.332. The van der Waals surface area contributed by atoms with Crippen molar-refractivity contribution in [1.29, 1.82) is 0 Å². The standard InChI is InChI=1S/C7H2ClF3N2O3/c8-5(14)2-1-3(13(15)16)4(6(9)10)12-7(2)11/h1,6H. The minimum Gasteiger partial charge on any atom is -0.275 e. The van der Waals surface area contributed by atoms with E-state index in [2.05, 4.69) is 4.98 Å². The number of aromatic nitrogens is 1. The first-order valence-corrected chi connectivity index (χ1v) is 4.05. The molecule has 0 saturated carbocycles. The molecule has 1 aromatic rings.